The molecule has 0 radical (unpaired) electrons. The zero-order chi connectivity index (χ0) is 21.3. The van der Waals surface area contributed by atoms with E-state index in [9.17, 15) is 9.59 Å². The maximum Gasteiger partial charge on any atom is 0.326 e. The Balaban J connectivity index is 1.58. The smallest absolute Gasteiger partial charge is 0.326 e. The number of hydrogen-bond donors (Lipinski definition) is 2. The van der Waals surface area contributed by atoms with Crippen LogP contribution in [0.2, 0.25) is 0 Å². The van der Waals surface area contributed by atoms with Gasteiger partial charge in [-0.15, -0.1) is 11.8 Å². The minimum Gasteiger partial charge on any atom is -0.496 e. The highest BCUT2D eigenvalue weighted by atomic mass is 32.2. The highest BCUT2D eigenvalue weighted by molar-refractivity contribution is 7.98. The van der Waals surface area contributed by atoms with Crippen LogP contribution in [0.15, 0.2) is 71.9 Å². The van der Waals surface area contributed by atoms with E-state index in [1.165, 1.54) is 19.8 Å². The van der Waals surface area contributed by atoms with E-state index < -0.39 is 11.9 Å². The lowest BCUT2D eigenvalue weighted by Crippen LogP contribution is -2.34. The van der Waals surface area contributed by atoms with E-state index in [0.717, 1.165) is 10.8 Å². The van der Waals surface area contributed by atoms with Gasteiger partial charge in [0, 0.05) is 5.75 Å². The second kappa shape index (κ2) is 10.3. The fraction of sp³-hybridized carbons (Fsp3) is 0.136. The number of ether oxygens (including phenoxy) is 2. The van der Waals surface area contributed by atoms with E-state index in [0.29, 0.717) is 17.2 Å². The average molecular weight is 423 g/mol. The van der Waals surface area contributed by atoms with Crippen molar-refractivity contribution >= 4 is 29.4 Å². The van der Waals surface area contributed by atoms with Crippen molar-refractivity contribution in [2.45, 2.75) is 10.8 Å². The molecule has 0 fully saturated rings. The third kappa shape index (κ3) is 5.51. The summed E-state index contributed by atoms with van der Waals surface area (Å²) in [5, 5.41) is 5.70. The summed E-state index contributed by atoms with van der Waals surface area (Å²) in [5.74, 6) is 0.781. The minimum atomic E-state index is -0.681. The summed E-state index contributed by atoms with van der Waals surface area (Å²) in [6.45, 7) is 0. The molecule has 1 heterocycles. The zero-order valence-electron chi connectivity index (χ0n) is 16.5. The number of hydrogen-bond acceptors (Lipinski definition) is 6. The summed E-state index contributed by atoms with van der Waals surface area (Å²) >= 11 is 1.60. The fourth-order valence-electron chi connectivity index (χ4n) is 2.67. The first-order valence-corrected chi connectivity index (χ1v) is 10.1. The van der Waals surface area contributed by atoms with Crippen LogP contribution in [0.25, 0.3) is 0 Å². The molecule has 0 saturated heterocycles. The number of anilines is 1. The maximum absolute atomic E-state index is 12.5. The van der Waals surface area contributed by atoms with E-state index >= 15 is 0 Å². The number of carbonyl (C=O) groups is 2. The third-order valence-corrected chi connectivity index (χ3v) is 5.12. The van der Waals surface area contributed by atoms with Gasteiger partial charge >= 0.3 is 6.03 Å². The number of nitrogens with one attached hydrogen (secondary N) is 2. The Labute approximate surface area is 178 Å². The average Bonchev–Trinajstić information content (AvgIpc) is 2.78. The van der Waals surface area contributed by atoms with E-state index in [1.54, 1.807) is 42.2 Å². The fourth-order valence-corrected chi connectivity index (χ4v) is 3.47. The molecule has 0 spiro atoms. The number of benzene rings is 2. The van der Waals surface area contributed by atoms with E-state index in [-0.39, 0.29) is 5.56 Å². The van der Waals surface area contributed by atoms with Crippen LogP contribution in [-0.4, -0.2) is 31.1 Å². The van der Waals surface area contributed by atoms with Crippen molar-refractivity contribution in [1.82, 2.24) is 10.3 Å². The predicted molar refractivity (Wildman–Crippen MR) is 116 cm³/mol. The molecule has 30 heavy (non-hydrogen) atoms. The number of thioether (sulfide) groups is 1. The van der Waals surface area contributed by atoms with Crippen molar-refractivity contribution in [3.8, 4) is 11.5 Å². The van der Waals surface area contributed by atoms with Gasteiger partial charge in [0.25, 0.3) is 5.91 Å². The molecule has 3 amide bonds. The Kier molecular flexibility index (Phi) is 7.29. The molecule has 0 unspecified atom stereocenters. The van der Waals surface area contributed by atoms with Crippen LogP contribution in [-0.2, 0) is 5.75 Å². The van der Waals surface area contributed by atoms with Crippen LogP contribution >= 0.6 is 11.8 Å². The molecule has 3 aromatic rings. The molecule has 2 aromatic carbocycles. The van der Waals surface area contributed by atoms with E-state index in [4.69, 9.17) is 9.47 Å². The third-order valence-electron chi connectivity index (χ3n) is 4.11. The first-order valence-electron chi connectivity index (χ1n) is 9.07. The van der Waals surface area contributed by atoms with Crippen molar-refractivity contribution in [2.75, 3.05) is 19.5 Å². The highest BCUT2D eigenvalue weighted by Crippen LogP contribution is 2.28. The minimum absolute atomic E-state index is 0.142. The standard InChI is InChI=1S/C22H21N3O4S/c1-28-17-9-6-10-18(29-2)20(17)21(26)25-22(27)24-16-11-12-19(23-13-16)30-14-15-7-4-3-5-8-15/h3-13H,14H2,1-2H3,(H2,24,25,26,27). The van der Waals surface area contributed by atoms with Crippen LogP contribution in [0.3, 0.4) is 0 Å². The van der Waals surface area contributed by atoms with E-state index in [2.05, 4.69) is 27.8 Å². The number of methoxy groups -OCH3 is 2. The monoisotopic (exact) mass is 423 g/mol. The molecule has 1 aromatic heterocycles. The second-order valence-electron chi connectivity index (χ2n) is 6.11. The highest BCUT2D eigenvalue weighted by Gasteiger charge is 2.20. The van der Waals surface area contributed by atoms with Gasteiger partial charge in [-0.2, -0.15) is 0 Å². The Bertz CT molecular complexity index is 988. The summed E-state index contributed by atoms with van der Waals surface area (Å²) in [6.07, 6.45) is 1.54. The molecule has 0 aliphatic rings. The van der Waals surface area contributed by atoms with Crippen molar-refractivity contribution in [3.63, 3.8) is 0 Å². The molecule has 0 aliphatic heterocycles. The van der Waals surface area contributed by atoms with Gasteiger partial charge in [0.15, 0.2) is 0 Å². The normalized spacial score (nSPS) is 10.2. The number of nitrogens with zero attached hydrogens (tertiary/aromatic N) is 1. The molecular formula is C22H21N3O4S. The van der Waals surface area contributed by atoms with Crippen LogP contribution in [0.5, 0.6) is 11.5 Å². The molecule has 8 heteroatoms. The van der Waals surface area contributed by atoms with Gasteiger partial charge in [-0.3, -0.25) is 10.1 Å². The quantitative estimate of drug-likeness (QED) is 0.549. The van der Waals surface area contributed by atoms with Gasteiger partial charge in [0.2, 0.25) is 0 Å². The molecule has 0 saturated carbocycles. The number of rotatable bonds is 7. The Morgan fingerprint density at radius 3 is 2.23 bits per heavy atom. The summed E-state index contributed by atoms with van der Waals surface area (Å²) in [7, 11) is 2.88. The molecule has 2 N–H and O–H groups in total. The summed E-state index contributed by atoms with van der Waals surface area (Å²) in [4.78, 5) is 29.1. The molecule has 154 valence electrons. The van der Waals surface area contributed by atoms with Gasteiger partial charge in [0.1, 0.15) is 17.1 Å². The largest absolute Gasteiger partial charge is 0.496 e. The topological polar surface area (TPSA) is 89.5 Å². The lowest BCUT2D eigenvalue weighted by atomic mass is 10.1. The van der Waals surface area contributed by atoms with Crippen molar-refractivity contribution in [2.24, 2.45) is 0 Å². The molecule has 0 atom stereocenters. The first kappa shape index (κ1) is 21.2. The summed E-state index contributed by atoms with van der Waals surface area (Å²) in [5.41, 5.74) is 1.82. The summed E-state index contributed by atoms with van der Waals surface area (Å²) < 4.78 is 10.4. The number of carbonyl (C=O) groups excluding carboxylic acids is 2. The van der Waals surface area contributed by atoms with Gasteiger partial charge in [0.05, 0.1) is 31.1 Å². The number of imide groups is 1. The zero-order valence-corrected chi connectivity index (χ0v) is 17.4. The number of urea groups is 1. The van der Waals surface area contributed by atoms with Crippen LogP contribution < -0.4 is 20.1 Å². The number of amides is 3. The van der Waals surface area contributed by atoms with Crippen molar-refractivity contribution in [1.29, 1.82) is 0 Å². The van der Waals surface area contributed by atoms with Gasteiger partial charge < -0.3 is 14.8 Å². The SMILES string of the molecule is COc1cccc(OC)c1C(=O)NC(=O)Nc1ccc(SCc2ccccc2)nc1. The van der Waals surface area contributed by atoms with Crippen molar-refractivity contribution in [3.05, 3.63) is 78.0 Å². The van der Waals surface area contributed by atoms with Crippen molar-refractivity contribution < 1.29 is 19.1 Å². The van der Waals surface area contributed by atoms with Crippen LogP contribution in [0, 0.1) is 0 Å². The van der Waals surface area contributed by atoms with Gasteiger partial charge in [-0.05, 0) is 29.8 Å². The Morgan fingerprint density at radius 2 is 1.63 bits per heavy atom. The number of pyridine rings is 1. The van der Waals surface area contributed by atoms with Crippen LogP contribution in [0.4, 0.5) is 10.5 Å². The van der Waals surface area contributed by atoms with Gasteiger partial charge in [-0.25, -0.2) is 9.78 Å². The lowest BCUT2D eigenvalue weighted by Gasteiger charge is -2.13. The molecule has 0 bridgehead atoms. The van der Waals surface area contributed by atoms with Crippen LogP contribution in [0.1, 0.15) is 15.9 Å². The molecule has 7 nitrogen and oxygen atoms in total. The Morgan fingerprint density at radius 1 is 0.933 bits per heavy atom. The lowest BCUT2D eigenvalue weighted by molar-refractivity contribution is 0.0961. The maximum atomic E-state index is 12.5. The van der Waals surface area contributed by atoms with E-state index in [1.807, 2.05) is 24.3 Å². The molecular weight excluding hydrogens is 402 g/mol. The molecule has 3 rings (SSSR count). The predicted octanol–water partition coefficient (Wildman–Crippen LogP) is 4.35. The second-order valence-corrected chi connectivity index (χ2v) is 7.10. The number of aromatic nitrogens is 1. The summed E-state index contributed by atoms with van der Waals surface area (Å²) in [6, 6.07) is 17.9. The Hall–Kier alpha value is -3.52. The first-order chi connectivity index (χ1) is 14.6. The molecule has 0 aliphatic carbocycles. The van der Waals surface area contributed by atoms with Gasteiger partial charge in [-0.1, -0.05) is 36.4 Å².